The van der Waals surface area contributed by atoms with Gasteiger partial charge in [-0.2, -0.15) is 0 Å². The summed E-state index contributed by atoms with van der Waals surface area (Å²) in [5.41, 5.74) is 0. The Bertz CT molecular complexity index is 647. The molecule has 1 aromatic heterocycles. The molecule has 0 saturated carbocycles. The molecular formula is C24H38N2O5. The second-order valence-corrected chi connectivity index (χ2v) is 8.68. The Balaban J connectivity index is 1.37. The van der Waals surface area contributed by atoms with Crippen LogP contribution in [0.2, 0.25) is 0 Å². The number of likely N-dealkylation sites (tertiary alicyclic amines) is 2. The third-order valence-electron chi connectivity index (χ3n) is 6.47. The van der Waals surface area contributed by atoms with Crippen LogP contribution < -0.4 is 0 Å². The first-order chi connectivity index (χ1) is 15.1. The zero-order valence-electron chi connectivity index (χ0n) is 19.1. The second-order valence-electron chi connectivity index (χ2n) is 8.68. The zero-order valence-corrected chi connectivity index (χ0v) is 19.1. The molecule has 31 heavy (non-hydrogen) atoms. The van der Waals surface area contributed by atoms with Gasteiger partial charge in [-0.3, -0.25) is 9.80 Å². The van der Waals surface area contributed by atoms with Crippen LogP contribution in [0.1, 0.15) is 86.3 Å². The smallest absolute Gasteiger partial charge is 0.374 e. The van der Waals surface area contributed by atoms with Crippen LogP contribution in [0.4, 0.5) is 0 Å². The minimum atomic E-state index is -0.537. The molecular weight excluding hydrogens is 396 g/mol. The molecule has 1 aromatic rings. The number of ether oxygens (including phenoxy) is 2. The van der Waals surface area contributed by atoms with E-state index in [9.17, 15) is 9.59 Å². The standard InChI is InChI=1S/C24H38N2O5/c1-3-7-19-9-5-13-25(19)15-17-29-23(27)21-11-12-22(31-21)24(28)30-18-16-26-14-6-10-20(26)8-4-2/h11-12,19-20H,3-10,13-18H2,1-2H3. The molecule has 2 saturated heterocycles. The fourth-order valence-corrected chi connectivity index (χ4v) is 4.91. The highest BCUT2D eigenvalue weighted by Crippen LogP contribution is 2.22. The van der Waals surface area contributed by atoms with Crippen LogP contribution in [0, 0.1) is 0 Å². The van der Waals surface area contributed by atoms with E-state index in [2.05, 4.69) is 23.6 Å². The van der Waals surface area contributed by atoms with Gasteiger partial charge in [-0.05, 0) is 63.7 Å². The van der Waals surface area contributed by atoms with Gasteiger partial charge in [0.1, 0.15) is 13.2 Å². The molecule has 0 N–H and O–H groups in total. The van der Waals surface area contributed by atoms with Gasteiger partial charge in [0.05, 0.1) is 0 Å². The molecule has 2 fully saturated rings. The summed E-state index contributed by atoms with van der Waals surface area (Å²) in [5, 5.41) is 0. The number of carbonyl (C=O) groups is 2. The van der Waals surface area contributed by atoms with E-state index in [4.69, 9.17) is 13.9 Å². The van der Waals surface area contributed by atoms with E-state index < -0.39 is 11.9 Å². The molecule has 0 radical (unpaired) electrons. The van der Waals surface area contributed by atoms with Crippen molar-refractivity contribution in [3.05, 3.63) is 23.7 Å². The maximum atomic E-state index is 12.3. The van der Waals surface area contributed by atoms with Gasteiger partial charge < -0.3 is 13.9 Å². The molecule has 2 unspecified atom stereocenters. The van der Waals surface area contributed by atoms with E-state index in [1.165, 1.54) is 63.5 Å². The number of nitrogens with zero attached hydrogens (tertiary/aromatic N) is 2. The molecule has 0 aromatic carbocycles. The van der Waals surface area contributed by atoms with Crippen molar-refractivity contribution in [2.45, 2.75) is 77.3 Å². The molecule has 2 aliphatic heterocycles. The van der Waals surface area contributed by atoms with Gasteiger partial charge in [-0.1, -0.05) is 26.7 Å². The van der Waals surface area contributed by atoms with Crippen LogP contribution in [-0.4, -0.2) is 73.2 Å². The molecule has 7 heteroatoms. The highest BCUT2D eigenvalue weighted by Gasteiger charge is 2.25. The fourth-order valence-electron chi connectivity index (χ4n) is 4.91. The second kappa shape index (κ2) is 12.2. The number of rotatable bonds is 12. The lowest BCUT2D eigenvalue weighted by atomic mass is 10.1. The predicted molar refractivity (Wildman–Crippen MR) is 118 cm³/mol. The molecule has 0 spiro atoms. The number of carbonyl (C=O) groups excluding carboxylic acids is 2. The maximum Gasteiger partial charge on any atom is 0.374 e. The first-order valence-corrected chi connectivity index (χ1v) is 12.0. The van der Waals surface area contributed by atoms with Crippen LogP contribution in [0.3, 0.4) is 0 Å². The van der Waals surface area contributed by atoms with Gasteiger partial charge >= 0.3 is 11.9 Å². The fraction of sp³-hybridized carbons (Fsp3) is 0.750. The summed E-state index contributed by atoms with van der Waals surface area (Å²) >= 11 is 0. The predicted octanol–water partition coefficient (Wildman–Crippen LogP) is 4.12. The highest BCUT2D eigenvalue weighted by atomic mass is 16.6. The average molecular weight is 435 g/mol. The Hall–Kier alpha value is -1.86. The van der Waals surface area contributed by atoms with Crippen molar-refractivity contribution in [2.24, 2.45) is 0 Å². The summed E-state index contributed by atoms with van der Waals surface area (Å²) in [4.78, 5) is 29.3. The van der Waals surface area contributed by atoms with Gasteiger partial charge in [-0.25, -0.2) is 9.59 Å². The van der Waals surface area contributed by atoms with E-state index in [-0.39, 0.29) is 11.5 Å². The normalized spacial score (nSPS) is 22.1. The molecule has 7 nitrogen and oxygen atoms in total. The molecule has 174 valence electrons. The van der Waals surface area contributed by atoms with Crippen molar-refractivity contribution < 1.29 is 23.5 Å². The van der Waals surface area contributed by atoms with E-state index in [1.54, 1.807) is 0 Å². The lowest BCUT2D eigenvalue weighted by Crippen LogP contribution is -2.33. The molecule has 2 aliphatic rings. The summed E-state index contributed by atoms with van der Waals surface area (Å²) in [6.45, 7) is 8.66. The molecule has 3 heterocycles. The van der Waals surface area contributed by atoms with Gasteiger partial charge in [-0.15, -0.1) is 0 Å². The van der Waals surface area contributed by atoms with E-state index in [0.717, 1.165) is 26.2 Å². The first kappa shape index (κ1) is 23.8. The Morgan fingerprint density at radius 2 is 1.32 bits per heavy atom. The van der Waals surface area contributed by atoms with E-state index in [1.807, 2.05) is 0 Å². The third-order valence-corrected chi connectivity index (χ3v) is 6.47. The van der Waals surface area contributed by atoms with Crippen molar-refractivity contribution >= 4 is 11.9 Å². The summed E-state index contributed by atoms with van der Waals surface area (Å²) in [7, 11) is 0. The quantitative estimate of drug-likeness (QED) is 0.458. The van der Waals surface area contributed by atoms with Gasteiger partial charge in [0, 0.05) is 25.2 Å². The van der Waals surface area contributed by atoms with E-state index in [0.29, 0.717) is 25.3 Å². The number of esters is 2. The lowest BCUT2D eigenvalue weighted by Gasteiger charge is -2.23. The van der Waals surface area contributed by atoms with Gasteiger partial charge in [0.15, 0.2) is 0 Å². The summed E-state index contributed by atoms with van der Waals surface area (Å²) < 4.78 is 16.1. The van der Waals surface area contributed by atoms with Crippen LogP contribution in [0.25, 0.3) is 0 Å². The summed E-state index contributed by atoms with van der Waals surface area (Å²) in [6.07, 6.45) is 9.58. The van der Waals surface area contributed by atoms with Crippen molar-refractivity contribution in [1.82, 2.24) is 9.80 Å². The third kappa shape index (κ3) is 6.81. The van der Waals surface area contributed by atoms with Crippen molar-refractivity contribution in [3.63, 3.8) is 0 Å². The Labute approximate surface area is 186 Å². The zero-order chi connectivity index (χ0) is 22.1. The maximum absolute atomic E-state index is 12.3. The van der Waals surface area contributed by atoms with Crippen LogP contribution in [0.5, 0.6) is 0 Å². The van der Waals surface area contributed by atoms with Crippen molar-refractivity contribution in [3.8, 4) is 0 Å². The largest absolute Gasteiger partial charge is 0.458 e. The Morgan fingerprint density at radius 1 is 0.871 bits per heavy atom. The number of hydrogen-bond donors (Lipinski definition) is 0. The van der Waals surface area contributed by atoms with Crippen LogP contribution in [-0.2, 0) is 9.47 Å². The van der Waals surface area contributed by atoms with Crippen LogP contribution in [0.15, 0.2) is 16.5 Å². The van der Waals surface area contributed by atoms with Crippen LogP contribution >= 0.6 is 0 Å². The Kier molecular flexibility index (Phi) is 9.40. The minimum absolute atomic E-state index is 0.0426. The Morgan fingerprint density at radius 3 is 1.74 bits per heavy atom. The first-order valence-electron chi connectivity index (χ1n) is 12.0. The molecule has 0 aliphatic carbocycles. The average Bonchev–Trinajstić information content (AvgIpc) is 3.50. The summed E-state index contributed by atoms with van der Waals surface area (Å²) in [5.74, 6) is -0.989. The van der Waals surface area contributed by atoms with Gasteiger partial charge in [0.25, 0.3) is 0 Å². The monoisotopic (exact) mass is 434 g/mol. The molecule has 3 rings (SSSR count). The van der Waals surface area contributed by atoms with Crippen molar-refractivity contribution in [2.75, 3.05) is 39.4 Å². The molecule has 0 amide bonds. The summed E-state index contributed by atoms with van der Waals surface area (Å²) in [6, 6.07) is 4.16. The number of furan rings is 1. The molecule has 0 bridgehead atoms. The minimum Gasteiger partial charge on any atom is -0.458 e. The topological polar surface area (TPSA) is 72.2 Å². The molecule has 2 atom stereocenters. The SMILES string of the molecule is CCCC1CCCN1CCOC(=O)c1ccc(C(=O)OCCN2CCCC2CCC)o1. The van der Waals surface area contributed by atoms with Gasteiger partial charge in [0.2, 0.25) is 11.5 Å². The number of hydrogen-bond acceptors (Lipinski definition) is 7. The van der Waals surface area contributed by atoms with E-state index >= 15 is 0 Å². The highest BCUT2D eigenvalue weighted by molar-refractivity contribution is 5.90. The lowest BCUT2D eigenvalue weighted by molar-refractivity contribution is 0.0384. The van der Waals surface area contributed by atoms with Crippen molar-refractivity contribution in [1.29, 1.82) is 0 Å².